The van der Waals surface area contributed by atoms with Crippen molar-refractivity contribution >= 4 is 0 Å². The summed E-state index contributed by atoms with van der Waals surface area (Å²) < 4.78 is 7.52. The third kappa shape index (κ3) is 2.13. The maximum absolute atomic E-state index is 5.61. The number of rotatable bonds is 4. The van der Waals surface area contributed by atoms with Gasteiger partial charge in [-0.1, -0.05) is 6.92 Å². The first-order valence-corrected chi connectivity index (χ1v) is 5.91. The number of aromatic nitrogens is 2. The third-order valence-corrected chi connectivity index (χ3v) is 3.02. The first kappa shape index (κ1) is 11.9. The van der Waals surface area contributed by atoms with Crippen molar-refractivity contribution in [1.29, 1.82) is 0 Å². The van der Waals surface area contributed by atoms with Crippen molar-refractivity contribution in [3.63, 3.8) is 0 Å². The van der Waals surface area contributed by atoms with E-state index in [0.29, 0.717) is 0 Å². The van der Waals surface area contributed by atoms with Crippen LogP contribution in [0.3, 0.4) is 0 Å². The topological polar surface area (TPSA) is 43.0 Å². The Morgan fingerprint density at radius 2 is 2.18 bits per heavy atom. The zero-order valence-electron chi connectivity index (χ0n) is 10.8. The Bertz CT molecular complexity index is 479. The van der Waals surface area contributed by atoms with Gasteiger partial charge in [-0.25, -0.2) is 0 Å². The summed E-state index contributed by atoms with van der Waals surface area (Å²) in [5, 5.41) is 7.75. The lowest BCUT2D eigenvalue weighted by atomic mass is 10.0. The second kappa shape index (κ2) is 4.75. The van der Waals surface area contributed by atoms with Crippen molar-refractivity contribution in [3.8, 4) is 0 Å². The van der Waals surface area contributed by atoms with Crippen LogP contribution in [-0.2, 0) is 7.05 Å². The summed E-state index contributed by atoms with van der Waals surface area (Å²) in [6.45, 7) is 7.12. The molecule has 0 radical (unpaired) electrons. The predicted octanol–water partition coefficient (Wildman–Crippen LogP) is 2.33. The maximum atomic E-state index is 5.61. The van der Waals surface area contributed by atoms with Crippen molar-refractivity contribution in [2.45, 2.75) is 26.8 Å². The lowest BCUT2D eigenvalue weighted by Gasteiger charge is -2.18. The van der Waals surface area contributed by atoms with Crippen molar-refractivity contribution < 1.29 is 4.42 Å². The number of furan rings is 1. The molecule has 2 rings (SSSR count). The normalized spacial score (nSPS) is 12.9. The van der Waals surface area contributed by atoms with Crippen LogP contribution in [0.15, 0.2) is 22.9 Å². The summed E-state index contributed by atoms with van der Waals surface area (Å²) in [6.07, 6.45) is 3.62. The van der Waals surface area contributed by atoms with Crippen LogP contribution in [0.5, 0.6) is 0 Å². The molecule has 1 atom stereocenters. The van der Waals surface area contributed by atoms with Gasteiger partial charge in [-0.05, 0) is 37.6 Å². The SMILES string of the molecule is CCNC(c1occc1C)c1c(C)cnn1C. The summed E-state index contributed by atoms with van der Waals surface area (Å²) in [6, 6.07) is 2.06. The molecule has 1 unspecified atom stereocenters. The van der Waals surface area contributed by atoms with E-state index in [9.17, 15) is 0 Å². The van der Waals surface area contributed by atoms with Gasteiger partial charge in [-0.15, -0.1) is 0 Å². The molecule has 0 saturated carbocycles. The second-order valence-electron chi connectivity index (χ2n) is 4.29. The second-order valence-corrected chi connectivity index (χ2v) is 4.29. The molecule has 0 aliphatic rings. The van der Waals surface area contributed by atoms with Crippen LogP contribution in [0.2, 0.25) is 0 Å². The Balaban J connectivity index is 2.46. The van der Waals surface area contributed by atoms with Crippen LogP contribution in [0.25, 0.3) is 0 Å². The van der Waals surface area contributed by atoms with Crippen LogP contribution in [-0.4, -0.2) is 16.3 Å². The summed E-state index contributed by atoms with van der Waals surface area (Å²) in [7, 11) is 1.96. The van der Waals surface area contributed by atoms with Crippen LogP contribution in [0, 0.1) is 13.8 Å². The maximum Gasteiger partial charge on any atom is 0.129 e. The van der Waals surface area contributed by atoms with E-state index in [1.54, 1.807) is 6.26 Å². The fourth-order valence-electron chi connectivity index (χ4n) is 2.17. The first-order chi connectivity index (χ1) is 8.15. The fourth-order valence-corrected chi connectivity index (χ4v) is 2.17. The number of hydrogen-bond acceptors (Lipinski definition) is 3. The molecule has 0 bridgehead atoms. The van der Waals surface area contributed by atoms with E-state index in [2.05, 4.69) is 31.2 Å². The zero-order valence-corrected chi connectivity index (χ0v) is 10.8. The summed E-state index contributed by atoms with van der Waals surface area (Å²) in [5.74, 6) is 0.971. The highest BCUT2D eigenvalue weighted by Gasteiger charge is 2.23. The van der Waals surface area contributed by atoms with Crippen LogP contribution in [0.4, 0.5) is 0 Å². The van der Waals surface area contributed by atoms with Gasteiger partial charge >= 0.3 is 0 Å². The number of nitrogens with zero attached hydrogens (tertiary/aromatic N) is 2. The molecule has 0 aromatic carbocycles. The van der Waals surface area contributed by atoms with E-state index >= 15 is 0 Å². The fraction of sp³-hybridized carbons (Fsp3) is 0.462. The van der Waals surface area contributed by atoms with Gasteiger partial charge in [0.25, 0.3) is 0 Å². The molecule has 0 amide bonds. The molecular formula is C13H19N3O. The monoisotopic (exact) mass is 233 g/mol. The van der Waals surface area contributed by atoms with Crippen molar-refractivity contribution in [3.05, 3.63) is 41.1 Å². The standard InChI is InChI=1S/C13H19N3O/c1-5-14-11(13-9(2)6-7-17-13)12-10(3)8-15-16(12)4/h6-8,11,14H,5H2,1-4H3. The van der Waals surface area contributed by atoms with E-state index < -0.39 is 0 Å². The molecule has 2 aromatic heterocycles. The molecule has 4 nitrogen and oxygen atoms in total. The quantitative estimate of drug-likeness (QED) is 0.881. The van der Waals surface area contributed by atoms with Gasteiger partial charge < -0.3 is 9.73 Å². The molecule has 2 heterocycles. The number of aryl methyl sites for hydroxylation is 3. The van der Waals surface area contributed by atoms with E-state index in [4.69, 9.17) is 4.42 Å². The van der Waals surface area contributed by atoms with Gasteiger partial charge in [-0.3, -0.25) is 4.68 Å². The highest BCUT2D eigenvalue weighted by atomic mass is 16.3. The van der Waals surface area contributed by atoms with Crippen LogP contribution in [0.1, 0.15) is 35.5 Å². The predicted molar refractivity (Wildman–Crippen MR) is 66.9 cm³/mol. The van der Waals surface area contributed by atoms with Gasteiger partial charge in [0.05, 0.1) is 18.2 Å². The molecule has 0 saturated heterocycles. The average molecular weight is 233 g/mol. The largest absolute Gasteiger partial charge is 0.467 e. The summed E-state index contributed by atoms with van der Waals surface area (Å²) >= 11 is 0. The Morgan fingerprint density at radius 1 is 1.41 bits per heavy atom. The molecule has 4 heteroatoms. The van der Waals surface area contributed by atoms with Crippen molar-refractivity contribution in [1.82, 2.24) is 15.1 Å². The number of hydrogen-bond donors (Lipinski definition) is 1. The Morgan fingerprint density at radius 3 is 2.65 bits per heavy atom. The molecule has 0 fully saturated rings. The molecule has 1 N–H and O–H groups in total. The van der Waals surface area contributed by atoms with E-state index in [-0.39, 0.29) is 6.04 Å². The van der Waals surface area contributed by atoms with Gasteiger partial charge in [0.1, 0.15) is 11.8 Å². The Hall–Kier alpha value is -1.55. The highest BCUT2D eigenvalue weighted by Crippen LogP contribution is 2.27. The van der Waals surface area contributed by atoms with E-state index in [0.717, 1.165) is 23.6 Å². The minimum Gasteiger partial charge on any atom is -0.467 e. The molecule has 0 aliphatic carbocycles. The molecule has 92 valence electrons. The van der Waals surface area contributed by atoms with Gasteiger partial charge in [-0.2, -0.15) is 5.10 Å². The lowest BCUT2D eigenvalue weighted by molar-refractivity contribution is 0.434. The number of nitrogens with one attached hydrogen (secondary N) is 1. The summed E-state index contributed by atoms with van der Waals surface area (Å²) in [4.78, 5) is 0. The molecule has 0 spiro atoms. The van der Waals surface area contributed by atoms with Crippen LogP contribution >= 0.6 is 0 Å². The molecule has 0 aliphatic heterocycles. The summed E-state index contributed by atoms with van der Waals surface area (Å²) in [5.41, 5.74) is 3.50. The van der Waals surface area contributed by atoms with Gasteiger partial charge in [0.2, 0.25) is 0 Å². The van der Waals surface area contributed by atoms with Crippen molar-refractivity contribution in [2.75, 3.05) is 6.54 Å². The molecular weight excluding hydrogens is 214 g/mol. The Labute approximate surface area is 102 Å². The third-order valence-electron chi connectivity index (χ3n) is 3.02. The van der Waals surface area contributed by atoms with Gasteiger partial charge in [0.15, 0.2) is 0 Å². The van der Waals surface area contributed by atoms with Crippen LogP contribution < -0.4 is 5.32 Å². The van der Waals surface area contributed by atoms with E-state index in [1.807, 2.05) is 24.0 Å². The average Bonchev–Trinajstić information content (AvgIpc) is 2.84. The lowest BCUT2D eigenvalue weighted by Crippen LogP contribution is -2.25. The molecule has 17 heavy (non-hydrogen) atoms. The highest BCUT2D eigenvalue weighted by molar-refractivity contribution is 5.30. The Kier molecular flexibility index (Phi) is 3.33. The smallest absolute Gasteiger partial charge is 0.129 e. The molecule has 2 aromatic rings. The zero-order chi connectivity index (χ0) is 12.4. The minimum atomic E-state index is 0.0718. The first-order valence-electron chi connectivity index (χ1n) is 5.91. The minimum absolute atomic E-state index is 0.0718. The van der Waals surface area contributed by atoms with E-state index in [1.165, 1.54) is 5.56 Å². The van der Waals surface area contributed by atoms with Gasteiger partial charge in [0, 0.05) is 7.05 Å². The van der Waals surface area contributed by atoms with Crippen molar-refractivity contribution in [2.24, 2.45) is 7.05 Å².